The average molecular weight is 226 g/mol. The summed E-state index contributed by atoms with van der Waals surface area (Å²) >= 11 is 0. The van der Waals surface area contributed by atoms with Crippen molar-refractivity contribution in [1.82, 2.24) is 0 Å². The largest absolute Gasteiger partial charge is 0.386 e. The van der Waals surface area contributed by atoms with Crippen molar-refractivity contribution in [3.8, 4) is 0 Å². The van der Waals surface area contributed by atoms with Gasteiger partial charge in [-0.1, -0.05) is 19.9 Å². The molecule has 1 aliphatic carbocycles. The minimum atomic E-state index is -0.648. The smallest absolute Gasteiger partial charge is 0.177 e. The maximum Gasteiger partial charge on any atom is 0.177 e. The molecule has 0 amide bonds. The first-order chi connectivity index (χ1) is 7.49. The first kappa shape index (κ1) is 12.1. The molecule has 2 fully saturated rings. The van der Waals surface area contributed by atoms with E-state index in [9.17, 15) is 5.11 Å². The van der Waals surface area contributed by atoms with Crippen molar-refractivity contribution >= 4 is 0 Å². The predicted molar refractivity (Wildman–Crippen MR) is 62.0 cm³/mol. The molecule has 0 radical (unpaired) electrons. The van der Waals surface area contributed by atoms with Crippen molar-refractivity contribution in [1.29, 1.82) is 0 Å². The normalized spacial score (nSPS) is 29.9. The van der Waals surface area contributed by atoms with Crippen LogP contribution in [0, 0.1) is 5.41 Å². The molecular formula is C13H22O3. The van der Waals surface area contributed by atoms with Crippen LogP contribution in [0.15, 0.2) is 12.2 Å². The van der Waals surface area contributed by atoms with Gasteiger partial charge in [0.25, 0.3) is 0 Å². The van der Waals surface area contributed by atoms with E-state index in [1.165, 1.54) is 0 Å². The van der Waals surface area contributed by atoms with Crippen LogP contribution in [0.3, 0.4) is 0 Å². The second-order valence-electron chi connectivity index (χ2n) is 5.74. The Labute approximate surface area is 97.4 Å². The number of aliphatic hydroxyl groups is 1. The van der Waals surface area contributed by atoms with Gasteiger partial charge in [-0.25, -0.2) is 0 Å². The van der Waals surface area contributed by atoms with Gasteiger partial charge < -0.3 is 14.6 Å². The molecule has 1 saturated heterocycles. The summed E-state index contributed by atoms with van der Waals surface area (Å²) in [5, 5.41) is 10.4. The lowest BCUT2D eigenvalue weighted by Crippen LogP contribution is -2.35. The molecule has 2 rings (SSSR count). The molecule has 16 heavy (non-hydrogen) atoms. The summed E-state index contributed by atoms with van der Waals surface area (Å²) < 4.78 is 10.6. The fraction of sp³-hybridized carbons (Fsp3) is 0.846. The Morgan fingerprint density at radius 1 is 1.06 bits per heavy atom. The number of hydrogen-bond acceptors (Lipinski definition) is 3. The van der Waals surface area contributed by atoms with Crippen LogP contribution in [0.4, 0.5) is 0 Å². The molecule has 0 aromatic rings. The van der Waals surface area contributed by atoms with E-state index >= 15 is 0 Å². The summed E-state index contributed by atoms with van der Waals surface area (Å²) in [6.45, 7) is 5.83. The first-order valence-corrected chi connectivity index (χ1v) is 6.14. The Hall–Kier alpha value is -0.380. The minimum Gasteiger partial charge on any atom is -0.386 e. The molecule has 3 nitrogen and oxygen atoms in total. The van der Waals surface area contributed by atoms with Gasteiger partial charge in [0.1, 0.15) is 0 Å². The molecule has 2 aliphatic rings. The van der Waals surface area contributed by atoms with Crippen molar-refractivity contribution in [3.05, 3.63) is 12.2 Å². The third-order valence-corrected chi connectivity index (χ3v) is 3.68. The monoisotopic (exact) mass is 226 g/mol. The molecule has 0 unspecified atom stereocenters. The van der Waals surface area contributed by atoms with Crippen LogP contribution in [0.1, 0.15) is 39.5 Å². The fourth-order valence-corrected chi connectivity index (χ4v) is 2.27. The third kappa shape index (κ3) is 3.06. The summed E-state index contributed by atoms with van der Waals surface area (Å²) in [5.74, 6) is 0. The molecule has 0 atom stereocenters. The molecular weight excluding hydrogens is 204 g/mol. The van der Waals surface area contributed by atoms with E-state index in [0.717, 1.165) is 25.7 Å². The summed E-state index contributed by atoms with van der Waals surface area (Å²) in [5.41, 5.74) is -0.273. The van der Waals surface area contributed by atoms with Gasteiger partial charge in [0.15, 0.2) is 6.29 Å². The molecule has 0 aromatic carbocycles. The second-order valence-corrected chi connectivity index (χ2v) is 5.74. The van der Waals surface area contributed by atoms with Crippen molar-refractivity contribution in [2.75, 3.05) is 13.2 Å². The van der Waals surface area contributed by atoms with Gasteiger partial charge in [-0.05, 0) is 37.2 Å². The fourth-order valence-electron chi connectivity index (χ4n) is 2.27. The highest BCUT2D eigenvalue weighted by molar-refractivity contribution is 5.05. The van der Waals surface area contributed by atoms with Gasteiger partial charge in [0.2, 0.25) is 0 Å². The molecule has 0 bridgehead atoms. The highest BCUT2D eigenvalue weighted by Crippen LogP contribution is 2.40. The maximum atomic E-state index is 10.4. The SMILES string of the molecule is CC1(C)CCC(O)(C=CC2OCCO2)CC1. The molecule has 0 aromatic heterocycles. The standard InChI is InChI=1S/C13H22O3/c1-12(2)5-7-13(14,8-6-12)4-3-11-15-9-10-16-11/h3-4,11,14H,5-10H2,1-2H3. The van der Waals surface area contributed by atoms with E-state index in [2.05, 4.69) is 13.8 Å². The summed E-state index contributed by atoms with van der Waals surface area (Å²) in [6.07, 6.45) is 7.29. The Balaban J connectivity index is 1.88. The van der Waals surface area contributed by atoms with Gasteiger partial charge in [-0.3, -0.25) is 0 Å². The van der Waals surface area contributed by atoms with Crippen LogP contribution >= 0.6 is 0 Å². The maximum absolute atomic E-state index is 10.4. The Bertz CT molecular complexity index is 254. The third-order valence-electron chi connectivity index (χ3n) is 3.68. The van der Waals surface area contributed by atoms with Crippen molar-refractivity contribution < 1.29 is 14.6 Å². The molecule has 0 spiro atoms. The quantitative estimate of drug-likeness (QED) is 0.734. The van der Waals surface area contributed by atoms with Crippen LogP contribution in [0.5, 0.6) is 0 Å². The minimum absolute atomic E-state index is 0.251. The number of hydrogen-bond donors (Lipinski definition) is 1. The van der Waals surface area contributed by atoms with Crippen molar-refractivity contribution in [2.24, 2.45) is 5.41 Å². The summed E-state index contributed by atoms with van der Waals surface area (Å²) in [6, 6.07) is 0. The Morgan fingerprint density at radius 3 is 2.19 bits per heavy atom. The van der Waals surface area contributed by atoms with E-state index in [-0.39, 0.29) is 6.29 Å². The molecule has 1 saturated carbocycles. The molecule has 1 heterocycles. The number of ether oxygens (including phenoxy) is 2. The zero-order valence-corrected chi connectivity index (χ0v) is 10.2. The van der Waals surface area contributed by atoms with E-state index in [1.54, 1.807) is 0 Å². The van der Waals surface area contributed by atoms with Crippen molar-refractivity contribution in [2.45, 2.75) is 51.4 Å². The number of rotatable bonds is 2. The van der Waals surface area contributed by atoms with Crippen molar-refractivity contribution in [3.63, 3.8) is 0 Å². The molecule has 1 N–H and O–H groups in total. The molecule has 1 aliphatic heterocycles. The Morgan fingerprint density at radius 2 is 1.62 bits per heavy atom. The Kier molecular flexibility index (Phi) is 3.38. The van der Waals surface area contributed by atoms with E-state index in [0.29, 0.717) is 18.6 Å². The second kappa shape index (κ2) is 4.47. The van der Waals surface area contributed by atoms with Gasteiger partial charge >= 0.3 is 0 Å². The van der Waals surface area contributed by atoms with E-state index in [1.807, 2.05) is 12.2 Å². The van der Waals surface area contributed by atoms with E-state index in [4.69, 9.17) is 9.47 Å². The topological polar surface area (TPSA) is 38.7 Å². The lowest BCUT2D eigenvalue weighted by Gasteiger charge is -2.38. The molecule has 92 valence electrons. The van der Waals surface area contributed by atoms with Crippen LogP contribution in [-0.2, 0) is 9.47 Å². The van der Waals surface area contributed by atoms with Gasteiger partial charge in [0.05, 0.1) is 18.8 Å². The summed E-state index contributed by atoms with van der Waals surface area (Å²) in [4.78, 5) is 0. The van der Waals surface area contributed by atoms with E-state index < -0.39 is 5.60 Å². The first-order valence-electron chi connectivity index (χ1n) is 6.14. The highest BCUT2D eigenvalue weighted by Gasteiger charge is 2.34. The van der Waals surface area contributed by atoms with Crippen LogP contribution in [0.2, 0.25) is 0 Å². The van der Waals surface area contributed by atoms with Gasteiger partial charge in [0, 0.05) is 0 Å². The van der Waals surface area contributed by atoms with Gasteiger partial charge in [-0.2, -0.15) is 0 Å². The zero-order chi connectivity index (χ0) is 11.6. The predicted octanol–water partition coefficient (Wildman–Crippen LogP) is 2.25. The zero-order valence-electron chi connectivity index (χ0n) is 10.2. The lowest BCUT2D eigenvalue weighted by molar-refractivity contribution is -0.00964. The van der Waals surface area contributed by atoms with Gasteiger partial charge in [-0.15, -0.1) is 0 Å². The van der Waals surface area contributed by atoms with Crippen LogP contribution < -0.4 is 0 Å². The van der Waals surface area contributed by atoms with Crippen LogP contribution in [0.25, 0.3) is 0 Å². The lowest BCUT2D eigenvalue weighted by atomic mass is 9.71. The highest BCUT2D eigenvalue weighted by atomic mass is 16.7. The molecule has 3 heteroatoms. The average Bonchev–Trinajstić information content (AvgIpc) is 2.74. The van der Waals surface area contributed by atoms with Crippen LogP contribution in [-0.4, -0.2) is 30.2 Å². The summed E-state index contributed by atoms with van der Waals surface area (Å²) in [7, 11) is 0.